The molecule has 4 rings (SSSR count). The first-order chi connectivity index (χ1) is 30.4. The third-order valence-corrected chi connectivity index (χ3v) is 10.6. The van der Waals surface area contributed by atoms with E-state index in [9.17, 15) is 0 Å². The minimum Gasteiger partial charge on any atom is -0.497 e. The van der Waals surface area contributed by atoms with Crippen molar-refractivity contribution in [2.45, 2.75) is 39.8 Å². The Morgan fingerprint density at radius 2 is 0.774 bits per heavy atom. The van der Waals surface area contributed by atoms with Crippen LogP contribution in [-0.2, 0) is 9.47 Å². The van der Waals surface area contributed by atoms with Gasteiger partial charge in [0.25, 0.3) is 0 Å². The zero-order valence-electron chi connectivity index (χ0n) is 38.1. The summed E-state index contributed by atoms with van der Waals surface area (Å²) >= 11 is 0. The number of hydrogen-bond acceptors (Lipinski definition) is 10. The number of nitrogens with zero attached hydrogens (tertiary/aromatic N) is 2. The highest BCUT2D eigenvalue weighted by molar-refractivity contribution is 5.66. The fraction of sp³-hybridized carbons (Fsp3) is 0.385. The Hall–Kier alpha value is -5.70. The lowest BCUT2D eigenvalue weighted by Crippen LogP contribution is -2.27. The van der Waals surface area contributed by atoms with E-state index >= 15 is 0 Å². The number of nitrogens with one attached hydrogen (secondary N) is 2. The Labute approximate surface area is 371 Å². The molecule has 0 radical (unpaired) electrons. The van der Waals surface area contributed by atoms with E-state index in [1.54, 1.807) is 28.4 Å². The maximum atomic E-state index is 5.97. The van der Waals surface area contributed by atoms with Crippen molar-refractivity contribution in [2.75, 3.05) is 94.1 Å². The first-order valence-corrected chi connectivity index (χ1v) is 21.7. The first kappa shape index (κ1) is 49.0. The summed E-state index contributed by atoms with van der Waals surface area (Å²) < 4.78 is 33.5. The number of methoxy groups -OCH3 is 4. The fourth-order valence-corrected chi connectivity index (χ4v) is 6.96. The summed E-state index contributed by atoms with van der Waals surface area (Å²) in [6, 6.07) is 32.7. The van der Waals surface area contributed by atoms with Crippen LogP contribution in [0.15, 0.2) is 121 Å². The van der Waals surface area contributed by atoms with Gasteiger partial charge in [0.05, 0.1) is 115 Å². The predicted octanol–water partition coefficient (Wildman–Crippen LogP) is 9.20. The smallest absolute Gasteiger partial charge is 0.185 e. The molecular formula is C52H68N4O6+2. The highest BCUT2D eigenvalue weighted by Gasteiger charge is 2.20. The van der Waals surface area contributed by atoms with Crippen molar-refractivity contribution in [3.63, 3.8) is 0 Å². The standard InChI is InChI=1S/C52H68N4O6/c1-9-55(10-2)51(43-23-31-47(59-7)32-24-43)17-13-15-49(41-19-27-45(57-5)28-20-41)53-35-37-61-39-40-62-38-36-54-50(42-21-29-46(58-6)30-22-42)16-14-18-52(56(11-3)12-4)44-25-33-48(60-8)34-26-44/h15-34,51-54H,9-12,35-40H2,1-8H3/q+2/b49-15+,50-16+. The number of ether oxygens (including phenoxy) is 6. The fourth-order valence-electron chi connectivity index (χ4n) is 6.96. The van der Waals surface area contributed by atoms with Gasteiger partial charge in [-0.3, -0.25) is 9.80 Å². The molecule has 2 N–H and O–H groups in total. The van der Waals surface area contributed by atoms with E-state index < -0.39 is 0 Å². The van der Waals surface area contributed by atoms with Crippen LogP contribution in [0.2, 0.25) is 0 Å². The van der Waals surface area contributed by atoms with Crippen LogP contribution in [0.1, 0.15) is 62.0 Å². The number of hydrogen-bond donors (Lipinski definition) is 2. The Kier molecular flexibility index (Phi) is 22.1. The topological polar surface area (TPSA) is 85.9 Å². The molecular weight excluding hydrogens is 777 g/mol. The lowest BCUT2D eigenvalue weighted by Gasteiger charge is -2.26. The molecule has 2 atom stereocenters. The van der Waals surface area contributed by atoms with Crippen molar-refractivity contribution in [1.82, 2.24) is 20.4 Å². The summed E-state index contributed by atoms with van der Waals surface area (Å²) in [5.41, 5.74) is 6.32. The molecule has 0 aliphatic carbocycles. The number of likely N-dealkylation sites (N-methyl/N-ethyl adjacent to an activating group) is 2. The van der Waals surface area contributed by atoms with Crippen LogP contribution >= 0.6 is 0 Å². The highest BCUT2D eigenvalue weighted by atomic mass is 16.5. The van der Waals surface area contributed by atoms with Crippen LogP contribution < -0.4 is 29.6 Å². The molecule has 0 aromatic heterocycles. The quantitative estimate of drug-likeness (QED) is 0.0314. The Morgan fingerprint density at radius 3 is 1.06 bits per heavy atom. The van der Waals surface area contributed by atoms with Crippen molar-refractivity contribution < 1.29 is 28.4 Å². The second-order valence-electron chi connectivity index (χ2n) is 14.2. The van der Waals surface area contributed by atoms with Crippen molar-refractivity contribution in [3.05, 3.63) is 156 Å². The SMILES string of the molecule is CCN(CC)C(C=[C+]/C=C(/NCCOCCOCCN/C(=C/[C+]=CC(c1ccc(OC)cc1)N(CC)CC)c1ccc(OC)cc1)c1ccc(OC)cc1)c1ccc(OC)cc1. The molecule has 0 saturated heterocycles. The summed E-state index contributed by atoms with van der Waals surface area (Å²) in [6.45, 7) is 15.6. The van der Waals surface area contributed by atoms with Gasteiger partial charge in [-0.1, -0.05) is 52.0 Å². The Balaban J connectivity index is 1.31. The molecule has 0 bridgehead atoms. The number of benzene rings is 4. The van der Waals surface area contributed by atoms with Gasteiger partial charge in [-0.2, -0.15) is 0 Å². The van der Waals surface area contributed by atoms with Gasteiger partial charge in [-0.15, -0.1) is 0 Å². The van der Waals surface area contributed by atoms with Crippen LogP contribution in [0.3, 0.4) is 0 Å². The zero-order chi connectivity index (χ0) is 44.4. The number of allylic oxidation sites excluding steroid dienone is 4. The average Bonchev–Trinajstić information content (AvgIpc) is 3.33. The van der Waals surface area contributed by atoms with Gasteiger partial charge in [0.2, 0.25) is 0 Å². The van der Waals surface area contributed by atoms with E-state index in [2.05, 4.69) is 96.7 Å². The van der Waals surface area contributed by atoms with Gasteiger partial charge in [-0.25, -0.2) is 0 Å². The molecule has 0 aliphatic rings. The Bertz CT molecular complexity index is 1790. The minimum absolute atomic E-state index is 0.0733. The van der Waals surface area contributed by atoms with Crippen molar-refractivity contribution in [3.8, 4) is 23.0 Å². The molecule has 0 amide bonds. The molecule has 330 valence electrons. The van der Waals surface area contributed by atoms with Gasteiger partial charge < -0.3 is 39.1 Å². The third kappa shape index (κ3) is 15.6. The van der Waals surface area contributed by atoms with E-state index in [-0.39, 0.29) is 12.1 Å². The van der Waals surface area contributed by atoms with Crippen LogP contribution in [0.25, 0.3) is 11.4 Å². The van der Waals surface area contributed by atoms with Gasteiger partial charge in [0, 0.05) is 0 Å². The maximum Gasteiger partial charge on any atom is 0.185 e. The van der Waals surface area contributed by atoms with Crippen molar-refractivity contribution in [1.29, 1.82) is 0 Å². The van der Waals surface area contributed by atoms with E-state index in [1.165, 1.54) is 11.1 Å². The third-order valence-electron chi connectivity index (χ3n) is 10.6. The number of rotatable bonds is 29. The molecule has 2 unspecified atom stereocenters. The normalized spacial score (nSPS) is 12.9. The lowest BCUT2D eigenvalue weighted by atomic mass is 10.0. The van der Waals surface area contributed by atoms with E-state index in [0.29, 0.717) is 39.5 Å². The van der Waals surface area contributed by atoms with Crippen LogP contribution in [0.5, 0.6) is 23.0 Å². The van der Waals surface area contributed by atoms with Crippen LogP contribution in [-0.4, -0.2) is 104 Å². The molecule has 62 heavy (non-hydrogen) atoms. The van der Waals surface area contributed by atoms with Crippen LogP contribution in [0.4, 0.5) is 0 Å². The highest BCUT2D eigenvalue weighted by Crippen LogP contribution is 2.27. The molecule has 0 fully saturated rings. The second kappa shape index (κ2) is 28.0. The molecule has 0 aliphatic heterocycles. The van der Waals surface area contributed by atoms with Gasteiger partial charge in [-0.05, 0) is 110 Å². The van der Waals surface area contributed by atoms with Crippen molar-refractivity contribution >= 4 is 11.4 Å². The maximum absolute atomic E-state index is 5.97. The largest absolute Gasteiger partial charge is 0.497 e. The summed E-state index contributed by atoms with van der Waals surface area (Å²) in [6.07, 6.45) is 15.2. The lowest BCUT2D eigenvalue weighted by molar-refractivity contribution is 0.0516. The molecule has 0 spiro atoms. The first-order valence-electron chi connectivity index (χ1n) is 21.7. The summed E-state index contributed by atoms with van der Waals surface area (Å²) in [5.74, 6) is 3.29. The second-order valence-corrected chi connectivity index (χ2v) is 14.2. The van der Waals surface area contributed by atoms with E-state index in [4.69, 9.17) is 28.4 Å². The molecule has 10 heteroatoms. The monoisotopic (exact) mass is 845 g/mol. The summed E-state index contributed by atoms with van der Waals surface area (Å²) in [7, 11) is 6.72. The summed E-state index contributed by atoms with van der Waals surface area (Å²) in [4.78, 5) is 4.80. The van der Waals surface area contributed by atoms with Gasteiger partial charge in [0.15, 0.2) is 23.5 Å². The van der Waals surface area contributed by atoms with Gasteiger partial charge >= 0.3 is 0 Å². The molecule has 0 heterocycles. The van der Waals surface area contributed by atoms with E-state index in [0.717, 1.165) is 71.7 Å². The Morgan fingerprint density at radius 1 is 0.468 bits per heavy atom. The van der Waals surface area contributed by atoms with Crippen molar-refractivity contribution in [2.24, 2.45) is 0 Å². The van der Waals surface area contributed by atoms with E-state index in [1.807, 2.05) is 84.9 Å². The molecule has 10 nitrogen and oxygen atoms in total. The minimum atomic E-state index is 0.0733. The summed E-state index contributed by atoms with van der Waals surface area (Å²) in [5, 5.41) is 7.11. The molecule has 4 aromatic rings. The van der Waals surface area contributed by atoms with Gasteiger partial charge in [0.1, 0.15) is 23.0 Å². The predicted molar refractivity (Wildman–Crippen MR) is 253 cm³/mol. The molecule has 4 aromatic carbocycles. The zero-order valence-corrected chi connectivity index (χ0v) is 38.1. The average molecular weight is 845 g/mol. The molecule has 0 saturated carbocycles. The van der Waals surface area contributed by atoms with Crippen LogP contribution in [0, 0.1) is 12.2 Å².